The molecule has 3 aromatic rings. The molecule has 2 heteroatoms. The van der Waals surface area contributed by atoms with Gasteiger partial charge in [-0.1, -0.05) is 72.3 Å². The van der Waals surface area contributed by atoms with E-state index in [2.05, 4.69) is 90.7 Å². The maximum atomic E-state index is 11.2. The van der Waals surface area contributed by atoms with E-state index >= 15 is 0 Å². The second kappa shape index (κ2) is 7.92. The molecule has 1 N–H and O–H groups in total. The molecule has 0 spiro atoms. The summed E-state index contributed by atoms with van der Waals surface area (Å²) in [6.45, 7) is 4.28. The predicted molar refractivity (Wildman–Crippen MR) is 125 cm³/mol. The molecule has 1 aliphatic heterocycles. The van der Waals surface area contributed by atoms with Crippen molar-refractivity contribution in [1.29, 1.82) is 0 Å². The maximum absolute atomic E-state index is 11.2. The highest BCUT2D eigenvalue weighted by atomic mass is 16.3. The third kappa shape index (κ3) is 4.02. The molecule has 3 aromatic carbocycles. The summed E-state index contributed by atoms with van der Waals surface area (Å²) >= 11 is 0. The largest absolute Gasteiger partial charge is 0.390 e. The van der Waals surface area contributed by atoms with Crippen LogP contribution in [0.25, 0.3) is 11.1 Å². The molecule has 2 atom stereocenters. The fourth-order valence-electron chi connectivity index (χ4n) is 5.60. The smallest absolute Gasteiger partial charge is 0.0657 e. The van der Waals surface area contributed by atoms with Crippen LogP contribution in [-0.2, 0) is 6.42 Å². The lowest BCUT2D eigenvalue weighted by atomic mass is 9.91. The zero-order chi connectivity index (χ0) is 20.6. The molecule has 154 valence electrons. The molecular formula is C28H31NO. The normalized spacial score (nSPS) is 25.5. The van der Waals surface area contributed by atoms with Crippen LogP contribution in [0.15, 0.2) is 78.9 Å². The summed E-state index contributed by atoms with van der Waals surface area (Å²) in [5.74, 6) is 1.21. The summed E-state index contributed by atoms with van der Waals surface area (Å²) in [4.78, 5) is 2.53. The second-order valence-electron chi connectivity index (χ2n) is 9.46. The number of hydrogen-bond donors (Lipinski definition) is 1. The van der Waals surface area contributed by atoms with E-state index in [-0.39, 0.29) is 0 Å². The fraction of sp³-hybridized carbons (Fsp3) is 0.357. The number of aryl methyl sites for hydroxylation is 2. The van der Waals surface area contributed by atoms with Gasteiger partial charge in [0.2, 0.25) is 0 Å². The topological polar surface area (TPSA) is 23.5 Å². The van der Waals surface area contributed by atoms with E-state index in [9.17, 15) is 5.11 Å². The monoisotopic (exact) mass is 397 g/mol. The zero-order valence-corrected chi connectivity index (χ0v) is 17.8. The van der Waals surface area contributed by atoms with E-state index in [1.165, 1.54) is 27.9 Å². The van der Waals surface area contributed by atoms with Crippen LogP contribution in [0.2, 0.25) is 0 Å². The first-order valence-corrected chi connectivity index (χ1v) is 11.3. The van der Waals surface area contributed by atoms with Gasteiger partial charge in [0.25, 0.3) is 0 Å². The first-order chi connectivity index (χ1) is 14.6. The summed E-state index contributed by atoms with van der Waals surface area (Å²) < 4.78 is 0. The van der Waals surface area contributed by atoms with Gasteiger partial charge in [0.15, 0.2) is 0 Å². The average Bonchev–Trinajstić information content (AvgIpc) is 3.29. The highest BCUT2D eigenvalue weighted by Gasteiger charge is 2.47. The van der Waals surface area contributed by atoms with Crippen molar-refractivity contribution in [2.75, 3.05) is 18.0 Å². The Morgan fingerprint density at radius 1 is 0.833 bits per heavy atom. The van der Waals surface area contributed by atoms with Crippen LogP contribution in [0.3, 0.4) is 0 Å². The summed E-state index contributed by atoms with van der Waals surface area (Å²) in [6.07, 6.45) is 3.74. The molecule has 2 nitrogen and oxygen atoms in total. The van der Waals surface area contributed by atoms with Crippen LogP contribution < -0.4 is 4.90 Å². The number of anilines is 1. The molecule has 5 rings (SSSR count). The molecule has 0 radical (unpaired) electrons. The number of aliphatic hydroxyl groups is 1. The molecule has 1 saturated heterocycles. The minimum Gasteiger partial charge on any atom is -0.390 e. The number of nitrogens with zero attached hydrogens (tertiary/aromatic N) is 1. The van der Waals surface area contributed by atoms with E-state index in [1.54, 1.807) is 0 Å². The van der Waals surface area contributed by atoms with E-state index in [0.29, 0.717) is 11.8 Å². The van der Waals surface area contributed by atoms with Gasteiger partial charge in [0.05, 0.1) is 5.60 Å². The Kier molecular flexibility index (Phi) is 5.12. The number of fused-ring (bicyclic) bond motifs is 1. The van der Waals surface area contributed by atoms with Crippen molar-refractivity contribution in [3.8, 4) is 11.1 Å². The predicted octanol–water partition coefficient (Wildman–Crippen LogP) is 5.87. The van der Waals surface area contributed by atoms with Crippen molar-refractivity contribution < 1.29 is 5.11 Å². The van der Waals surface area contributed by atoms with E-state index < -0.39 is 5.60 Å². The van der Waals surface area contributed by atoms with Crippen molar-refractivity contribution in [3.05, 3.63) is 90.0 Å². The van der Waals surface area contributed by atoms with E-state index in [0.717, 1.165) is 38.8 Å². The third-order valence-corrected chi connectivity index (χ3v) is 7.15. The van der Waals surface area contributed by atoms with Crippen LogP contribution in [0, 0.1) is 18.8 Å². The standard InChI is InChI=1S/C28H31NO/c1-21-7-5-10-23(15-21)24-11-6-12-27(16-24)29-19-25-17-28(30,18-26(25)20-29)14-13-22-8-3-2-4-9-22/h2-12,15-16,25-26,30H,13-14,17-20H2,1H3. The lowest BCUT2D eigenvalue weighted by Crippen LogP contribution is -2.30. The Morgan fingerprint density at radius 2 is 1.50 bits per heavy atom. The minimum absolute atomic E-state index is 0.485. The van der Waals surface area contributed by atoms with Gasteiger partial charge < -0.3 is 10.0 Å². The molecule has 2 unspecified atom stereocenters. The second-order valence-corrected chi connectivity index (χ2v) is 9.46. The summed E-state index contributed by atoms with van der Waals surface area (Å²) in [6, 6.07) is 28.3. The maximum Gasteiger partial charge on any atom is 0.0657 e. The number of benzene rings is 3. The molecule has 0 amide bonds. The summed E-state index contributed by atoms with van der Waals surface area (Å²) in [5.41, 5.74) is 6.03. The van der Waals surface area contributed by atoms with Gasteiger partial charge in [-0.05, 0) is 73.3 Å². The first kappa shape index (κ1) is 19.4. The minimum atomic E-state index is -0.485. The molecule has 1 saturated carbocycles. The van der Waals surface area contributed by atoms with Gasteiger partial charge >= 0.3 is 0 Å². The number of hydrogen-bond acceptors (Lipinski definition) is 2. The molecular weight excluding hydrogens is 366 g/mol. The molecule has 0 aromatic heterocycles. The van der Waals surface area contributed by atoms with Gasteiger partial charge in [-0.15, -0.1) is 0 Å². The quantitative estimate of drug-likeness (QED) is 0.582. The molecule has 0 bridgehead atoms. The zero-order valence-electron chi connectivity index (χ0n) is 17.8. The molecule has 2 fully saturated rings. The Bertz CT molecular complexity index is 998. The average molecular weight is 398 g/mol. The van der Waals surface area contributed by atoms with Gasteiger partial charge in [-0.3, -0.25) is 0 Å². The molecule has 1 heterocycles. The van der Waals surface area contributed by atoms with Crippen molar-refractivity contribution >= 4 is 5.69 Å². The lowest BCUT2D eigenvalue weighted by Gasteiger charge is -2.27. The van der Waals surface area contributed by atoms with Crippen LogP contribution >= 0.6 is 0 Å². The molecule has 30 heavy (non-hydrogen) atoms. The Labute approximate surface area is 180 Å². The Balaban J connectivity index is 1.24. The highest BCUT2D eigenvalue weighted by molar-refractivity contribution is 5.69. The summed E-state index contributed by atoms with van der Waals surface area (Å²) in [5, 5.41) is 11.2. The summed E-state index contributed by atoms with van der Waals surface area (Å²) in [7, 11) is 0. The fourth-order valence-corrected chi connectivity index (χ4v) is 5.60. The van der Waals surface area contributed by atoms with Gasteiger partial charge in [-0.25, -0.2) is 0 Å². The van der Waals surface area contributed by atoms with Crippen LogP contribution in [0.4, 0.5) is 5.69 Å². The highest BCUT2D eigenvalue weighted by Crippen LogP contribution is 2.47. The van der Waals surface area contributed by atoms with Gasteiger partial charge in [-0.2, -0.15) is 0 Å². The lowest BCUT2D eigenvalue weighted by molar-refractivity contribution is 0.0317. The van der Waals surface area contributed by atoms with Crippen LogP contribution in [0.1, 0.15) is 30.4 Å². The third-order valence-electron chi connectivity index (χ3n) is 7.15. The van der Waals surface area contributed by atoms with Gasteiger partial charge in [0.1, 0.15) is 0 Å². The Morgan fingerprint density at radius 3 is 2.20 bits per heavy atom. The SMILES string of the molecule is Cc1cccc(-c2cccc(N3CC4CC(O)(CCc5ccccc5)CC4C3)c2)c1. The Hall–Kier alpha value is -2.58. The van der Waals surface area contributed by atoms with Crippen molar-refractivity contribution in [3.63, 3.8) is 0 Å². The first-order valence-electron chi connectivity index (χ1n) is 11.3. The molecule has 1 aliphatic carbocycles. The van der Waals surface area contributed by atoms with Crippen molar-refractivity contribution in [2.24, 2.45) is 11.8 Å². The van der Waals surface area contributed by atoms with E-state index in [1.807, 2.05) is 0 Å². The van der Waals surface area contributed by atoms with Crippen molar-refractivity contribution in [2.45, 2.75) is 38.2 Å². The van der Waals surface area contributed by atoms with Crippen molar-refractivity contribution in [1.82, 2.24) is 0 Å². The van der Waals surface area contributed by atoms with Crippen LogP contribution in [-0.4, -0.2) is 23.8 Å². The number of rotatable bonds is 5. The molecule has 2 aliphatic rings. The van der Waals surface area contributed by atoms with E-state index in [4.69, 9.17) is 0 Å². The van der Waals surface area contributed by atoms with Gasteiger partial charge in [0, 0.05) is 18.8 Å². The van der Waals surface area contributed by atoms with Crippen LogP contribution in [0.5, 0.6) is 0 Å².